The number of para-hydroxylation sites is 1. The summed E-state index contributed by atoms with van der Waals surface area (Å²) in [6.45, 7) is 4.81. The van der Waals surface area contributed by atoms with Crippen LogP contribution in [-0.4, -0.2) is 115 Å². The Balaban J connectivity index is 1.15. The largest absolute Gasteiger partial charge is 0.493 e. The highest BCUT2D eigenvalue weighted by atomic mass is 16.5. The van der Waals surface area contributed by atoms with Crippen LogP contribution in [0.2, 0.25) is 0 Å². The molecule has 4 rings (SSSR count). The third kappa shape index (κ3) is 6.50. The second-order valence-electron chi connectivity index (χ2n) is 9.09. The molecule has 3 heterocycles. The monoisotopic (exact) mass is 486 g/mol. The maximum absolute atomic E-state index is 13.0. The third-order valence-corrected chi connectivity index (χ3v) is 6.88. The van der Waals surface area contributed by atoms with Gasteiger partial charge in [-0.2, -0.15) is 0 Å². The van der Waals surface area contributed by atoms with Gasteiger partial charge in [-0.25, -0.2) is 0 Å². The molecule has 0 atom stereocenters. The van der Waals surface area contributed by atoms with Crippen molar-refractivity contribution in [2.45, 2.75) is 19.3 Å². The van der Waals surface area contributed by atoms with Crippen LogP contribution in [0, 0.1) is 5.92 Å². The standard InChI is InChI=1S/C25H34N4O6/c30-22(8-17-35-21-4-2-1-3-5-21)26-9-6-20(7-10-26)23(31)27-11-13-28(14-12-27)24(32)25(33)29-15-18-34-19-16-29/h1-5,20H,6-19H2. The Morgan fingerprint density at radius 1 is 0.743 bits per heavy atom. The van der Waals surface area contributed by atoms with Gasteiger partial charge < -0.3 is 29.1 Å². The molecule has 0 aromatic heterocycles. The average Bonchev–Trinajstić information content (AvgIpc) is 2.93. The Morgan fingerprint density at radius 3 is 1.94 bits per heavy atom. The predicted molar refractivity (Wildman–Crippen MR) is 126 cm³/mol. The number of ether oxygens (including phenoxy) is 2. The average molecular weight is 487 g/mol. The molecule has 3 aliphatic rings. The van der Waals surface area contributed by atoms with E-state index in [-0.39, 0.29) is 17.7 Å². The summed E-state index contributed by atoms with van der Waals surface area (Å²) in [6.07, 6.45) is 1.59. The number of hydrogen-bond donors (Lipinski definition) is 0. The van der Waals surface area contributed by atoms with Gasteiger partial charge >= 0.3 is 11.8 Å². The summed E-state index contributed by atoms with van der Waals surface area (Å²) >= 11 is 0. The molecule has 190 valence electrons. The summed E-state index contributed by atoms with van der Waals surface area (Å²) < 4.78 is 10.9. The van der Waals surface area contributed by atoms with Gasteiger partial charge in [-0.3, -0.25) is 19.2 Å². The van der Waals surface area contributed by atoms with E-state index >= 15 is 0 Å². The van der Waals surface area contributed by atoms with Crippen LogP contribution in [0.5, 0.6) is 5.75 Å². The molecular weight excluding hydrogens is 452 g/mol. The zero-order valence-corrected chi connectivity index (χ0v) is 20.1. The van der Waals surface area contributed by atoms with E-state index in [1.165, 1.54) is 4.90 Å². The fraction of sp³-hybridized carbons (Fsp3) is 0.600. The first-order chi connectivity index (χ1) is 17.0. The van der Waals surface area contributed by atoms with Crippen molar-refractivity contribution in [1.29, 1.82) is 0 Å². The molecule has 4 amide bonds. The van der Waals surface area contributed by atoms with Gasteiger partial charge in [-0.1, -0.05) is 18.2 Å². The van der Waals surface area contributed by atoms with E-state index in [0.717, 1.165) is 5.75 Å². The lowest BCUT2D eigenvalue weighted by Gasteiger charge is -2.39. The first-order valence-corrected chi connectivity index (χ1v) is 12.4. The normalized spacial score (nSPS) is 19.4. The number of hydrogen-bond acceptors (Lipinski definition) is 6. The van der Waals surface area contributed by atoms with Crippen molar-refractivity contribution in [3.05, 3.63) is 30.3 Å². The molecule has 3 fully saturated rings. The number of benzene rings is 1. The molecule has 0 aliphatic carbocycles. The van der Waals surface area contributed by atoms with Crippen LogP contribution in [0.4, 0.5) is 0 Å². The SMILES string of the molecule is O=C(CCOc1ccccc1)N1CCC(C(=O)N2CCN(C(=O)C(=O)N3CCOCC3)CC2)CC1. The Kier molecular flexibility index (Phi) is 8.57. The molecule has 35 heavy (non-hydrogen) atoms. The molecule has 0 bridgehead atoms. The topological polar surface area (TPSA) is 99.7 Å². The lowest BCUT2D eigenvalue weighted by Crippen LogP contribution is -2.56. The van der Waals surface area contributed by atoms with E-state index in [9.17, 15) is 19.2 Å². The van der Waals surface area contributed by atoms with Crippen LogP contribution in [0.1, 0.15) is 19.3 Å². The summed E-state index contributed by atoms with van der Waals surface area (Å²) in [5.41, 5.74) is 0. The molecule has 0 radical (unpaired) electrons. The van der Waals surface area contributed by atoms with Crippen molar-refractivity contribution in [1.82, 2.24) is 19.6 Å². The van der Waals surface area contributed by atoms with E-state index in [2.05, 4.69) is 0 Å². The third-order valence-electron chi connectivity index (χ3n) is 6.88. The van der Waals surface area contributed by atoms with Crippen molar-refractivity contribution in [2.75, 3.05) is 72.2 Å². The first kappa shape index (κ1) is 25.0. The smallest absolute Gasteiger partial charge is 0.312 e. The van der Waals surface area contributed by atoms with E-state index in [1.807, 2.05) is 35.2 Å². The fourth-order valence-corrected chi connectivity index (χ4v) is 4.73. The Morgan fingerprint density at radius 2 is 1.31 bits per heavy atom. The number of amides is 4. The highest BCUT2D eigenvalue weighted by Crippen LogP contribution is 2.21. The maximum atomic E-state index is 13.0. The second-order valence-corrected chi connectivity index (χ2v) is 9.09. The van der Waals surface area contributed by atoms with Crippen LogP contribution in [0.3, 0.4) is 0 Å². The molecule has 0 saturated carbocycles. The van der Waals surface area contributed by atoms with Gasteiger partial charge in [0.1, 0.15) is 5.75 Å². The molecule has 3 aliphatic heterocycles. The first-order valence-electron chi connectivity index (χ1n) is 12.4. The summed E-state index contributed by atoms with van der Waals surface area (Å²) in [5, 5.41) is 0. The summed E-state index contributed by atoms with van der Waals surface area (Å²) in [4.78, 5) is 57.2. The fourth-order valence-electron chi connectivity index (χ4n) is 4.73. The Labute approximate surface area is 205 Å². The summed E-state index contributed by atoms with van der Waals surface area (Å²) in [5.74, 6) is -0.227. The van der Waals surface area contributed by atoms with Gasteiger partial charge in [0.05, 0.1) is 26.2 Å². The van der Waals surface area contributed by atoms with Crippen molar-refractivity contribution in [3.63, 3.8) is 0 Å². The maximum Gasteiger partial charge on any atom is 0.312 e. The van der Waals surface area contributed by atoms with E-state index in [0.29, 0.717) is 91.4 Å². The minimum Gasteiger partial charge on any atom is -0.493 e. The molecule has 0 N–H and O–H groups in total. The van der Waals surface area contributed by atoms with Crippen LogP contribution >= 0.6 is 0 Å². The van der Waals surface area contributed by atoms with Gasteiger partial charge in [-0.05, 0) is 25.0 Å². The predicted octanol–water partition coefficient (Wildman–Crippen LogP) is 0.224. The molecular formula is C25H34N4O6. The number of piperazine rings is 1. The van der Waals surface area contributed by atoms with Crippen molar-refractivity contribution in [3.8, 4) is 5.75 Å². The number of carbonyl (C=O) groups excluding carboxylic acids is 4. The second kappa shape index (κ2) is 12.0. The van der Waals surface area contributed by atoms with Crippen molar-refractivity contribution >= 4 is 23.6 Å². The van der Waals surface area contributed by atoms with Gasteiger partial charge in [0.25, 0.3) is 0 Å². The summed E-state index contributed by atoms with van der Waals surface area (Å²) in [7, 11) is 0. The molecule has 1 aromatic carbocycles. The van der Waals surface area contributed by atoms with Crippen LogP contribution in [-0.2, 0) is 23.9 Å². The molecule has 3 saturated heterocycles. The van der Waals surface area contributed by atoms with Crippen LogP contribution in [0.15, 0.2) is 30.3 Å². The number of piperidine rings is 1. The number of nitrogens with zero attached hydrogens (tertiary/aromatic N) is 4. The molecule has 0 unspecified atom stereocenters. The number of likely N-dealkylation sites (tertiary alicyclic amines) is 1. The van der Waals surface area contributed by atoms with Gasteiger partial charge in [0.15, 0.2) is 0 Å². The quantitative estimate of drug-likeness (QED) is 0.553. The highest BCUT2D eigenvalue weighted by Gasteiger charge is 2.34. The highest BCUT2D eigenvalue weighted by molar-refractivity contribution is 6.34. The Hall–Kier alpha value is -3.14. The summed E-state index contributed by atoms with van der Waals surface area (Å²) in [6, 6.07) is 9.42. The van der Waals surface area contributed by atoms with E-state index in [1.54, 1.807) is 9.80 Å². The molecule has 1 aromatic rings. The molecule has 0 spiro atoms. The minimum absolute atomic E-state index is 0.0453. The van der Waals surface area contributed by atoms with Crippen LogP contribution < -0.4 is 4.74 Å². The van der Waals surface area contributed by atoms with Crippen molar-refractivity contribution < 1.29 is 28.7 Å². The molecule has 10 nitrogen and oxygen atoms in total. The van der Waals surface area contributed by atoms with Crippen LogP contribution in [0.25, 0.3) is 0 Å². The van der Waals surface area contributed by atoms with Gasteiger partial charge in [0.2, 0.25) is 11.8 Å². The zero-order valence-electron chi connectivity index (χ0n) is 20.1. The number of morpholine rings is 1. The number of carbonyl (C=O) groups is 4. The van der Waals surface area contributed by atoms with E-state index < -0.39 is 11.8 Å². The molecule has 10 heteroatoms. The van der Waals surface area contributed by atoms with Gasteiger partial charge in [-0.15, -0.1) is 0 Å². The number of rotatable bonds is 5. The minimum atomic E-state index is -0.498. The van der Waals surface area contributed by atoms with Gasteiger partial charge in [0, 0.05) is 58.3 Å². The lowest BCUT2D eigenvalue weighted by atomic mass is 9.94. The van der Waals surface area contributed by atoms with Crippen molar-refractivity contribution in [2.24, 2.45) is 5.92 Å². The Bertz CT molecular complexity index is 888. The van der Waals surface area contributed by atoms with E-state index in [4.69, 9.17) is 9.47 Å². The zero-order chi connectivity index (χ0) is 24.6. The lowest BCUT2D eigenvalue weighted by molar-refractivity contribution is -0.156.